The summed E-state index contributed by atoms with van der Waals surface area (Å²) < 4.78 is 39.2. The minimum absolute atomic E-state index is 0.111. The van der Waals surface area contributed by atoms with Gasteiger partial charge in [-0.05, 0) is 24.1 Å². The summed E-state index contributed by atoms with van der Waals surface area (Å²) >= 11 is 1.42. The zero-order valence-electron chi connectivity index (χ0n) is 17.1. The van der Waals surface area contributed by atoms with Gasteiger partial charge >= 0.3 is 0 Å². The fourth-order valence-electron chi connectivity index (χ4n) is 2.91. The van der Waals surface area contributed by atoms with Crippen LogP contribution in [-0.4, -0.2) is 39.6 Å². The molecule has 0 aliphatic carbocycles. The number of aromatic nitrogens is 1. The molecule has 1 heterocycles. The number of ether oxygens (including phenoxy) is 2. The molecule has 1 aromatic heterocycles. The lowest BCUT2D eigenvalue weighted by molar-refractivity contribution is -0.122. The van der Waals surface area contributed by atoms with E-state index < -0.39 is 22.0 Å². The molecule has 0 saturated carbocycles. The van der Waals surface area contributed by atoms with Crippen LogP contribution in [0.3, 0.4) is 0 Å². The van der Waals surface area contributed by atoms with Crippen LogP contribution >= 0.6 is 11.3 Å². The van der Waals surface area contributed by atoms with Crippen molar-refractivity contribution in [2.45, 2.75) is 23.9 Å². The van der Waals surface area contributed by atoms with E-state index in [1.165, 1.54) is 37.7 Å². The molecule has 0 spiro atoms. The fourth-order valence-corrected chi connectivity index (χ4v) is 4.85. The Labute approximate surface area is 185 Å². The van der Waals surface area contributed by atoms with Gasteiger partial charge in [0.25, 0.3) is 0 Å². The average molecular weight is 462 g/mol. The number of carbonyl (C=O) groups excluding carboxylic acids is 1. The summed E-state index contributed by atoms with van der Waals surface area (Å²) in [6, 6.07) is 12.6. The predicted octanol–water partition coefficient (Wildman–Crippen LogP) is 2.37. The quantitative estimate of drug-likeness (QED) is 0.480. The number of hydrogen-bond donors (Lipinski definition) is 2. The number of thiazole rings is 1. The zero-order valence-corrected chi connectivity index (χ0v) is 18.7. The number of nitrogens with zero attached hydrogens (tertiary/aromatic N) is 1. The normalized spacial score (nSPS) is 12.2. The Bertz CT molecular complexity index is 1100. The van der Waals surface area contributed by atoms with Gasteiger partial charge in [0.05, 0.1) is 32.0 Å². The second-order valence-corrected chi connectivity index (χ2v) is 8.98. The first kappa shape index (κ1) is 22.7. The number of benzene rings is 2. The summed E-state index contributed by atoms with van der Waals surface area (Å²) in [5, 5.41) is 4.57. The molecule has 0 bridgehead atoms. The second kappa shape index (κ2) is 10.4. The van der Waals surface area contributed by atoms with Gasteiger partial charge in [-0.1, -0.05) is 30.3 Å². The van der Waals surface area contributed by atoms with Crippen LogP contribution in [0.15, 0.2) is 64.3 Å². The van der Waals surface area contributed by atoms with Crippen LogP contribution in [0, 0.1) is 0 Å². The lowest BCUT2D eigenvalue weighted by Gasteiger charge is -2.20. The summed E-state index contributed by atoms with van der Waals surface area (Å²) in [6.45, 7) is 0.206. The molecule has 0 saturated heterocycles. The Morgan fingerprint density at radius 2 is 1.90 bits per heavy atom. The van der Waals surface area contributed by atoms with Crippen LogP contribution in [0.5, 0.6) is 11.5 Å². The van der Waals surface area contributed by atoms with Crippen molar-refractivity contribution in [3.8, 4) is 11.5 Å². The largest absolute Gasteiger partial charge is 0.497 e. The van der Waals surface area contributed by atoms with Crippen molar-refractivity contribution < 1.29 is 22.7 Å². The third-order valence-corrected chi connectivity index (χ3v) is 6.61. The monoisotopic (exact) mass is 461 g/mol. The topological polar surface area (TPSA) is 107 Å². The number of sulfonamides is 1. The summed E-state index contributed by atoms with van der Waals surface area (Å²) in [6.07, 6.45) is 0.176. The SMILES string of the molecule is COc1ccc(OC)c(S(=O)(=O)NC(Cc2ccccc2)C(=O)NCc2cscn2)c1. The summed E-state index contributed by atoms with van der Waals surface area (Å²) in [4.78, 5) is 16.9. The van der Waals surface area contributed by atoms with Crippen molar-refractivity contribution in [2.24, 2.45) is 0 Å². The van der Waals surface area contributed by atoms with E-state index in [0.29, 0.717) is 11.4 Å². The first-order chi connectivity index (χ1) is 14.9. The fraction of sp³-hybridized carbons (Fsp3) is 0.238. The molecule has 1 amide bonds. The Hall–Kier alpha value is -2.95. The van der Waals surface area contributed by atoms with E-state index in [1.807, 2.05) is 35.7 Å². The van der Waals surface area contributed by atoms with Crippen molar-refractivity contribution in [1.29, 1.82) is 0 Å². The number of nitrogens with one attached hydrogen (secondary N) is 2. The molecule has 164 valence electrons. The highest BCUT2D eigenvalue weighted by Crippen LogP contribution is 2.28. The van der Waals surface area contributed by atoms with Gasteiger partial charge in [-0.3, -0.25) is 4.79 Å². The zero-order chi connectivity index (χ0) is 22.3. The Morgan fingerprint density at radius 3 is 2.55 bits per heavy atom. The van der Waals surface area contributed by atoms with E-state index in [-0.39, 0.29) is 23.6 Å². The molecule has 2 aromatic carbocycles. The van der Waals surface area contributed by atoms with Crippen molar-refractivity contribution in [2.75, 3.05) is 14.2 Å². The molecule has 0 aliphatic rings. The van der Waals surface area contributed by atoms with Gasteiger partial charge in [0.15, 0.2) is 0 Å². The minimum atomic E-state index is -4.10. The number of rotatable bonds is 10. The van der Waals surface area contributed by atoms with E-state index in [4.69, 9.17) is 9.47 Å². The van der Waals surface area contributed by atoms with Crippen LogP contribution in [0.25, 0.3) is 0 Å². The third kappa shape index (κ3) is 6.03. The maximum Gasteiger partial charge on any atom is 0.245 e. The first-order valence-electron chi connectivity index (χ1n) is 9.36. The Balaban J connectivity index is 1.86. The molecule has 3 aromatic rings. The Morgan fingerprint density at radius 1 is 1.13 bits per heavy atom. The van der Waals surface area contributed by atoms with E-state index in [1.54, 1.807) is 11.6 Å². The van der Waals surface area contributed by atoms with Gasteiger partial charge in [-0.2, -0.15) is 4.72 Å². The number of methoxy groups -OCH3 is 2. The van der Waals surface area contributed by atoms with Crippen molar-refractivity contribution in [3.05, 3.63) is 70.7 Å². The van der Waals surface area contributed by atoms with Gasteiger partial charge in [0, 0.05) is 11.4 Å². The summed E-state index contributed by atoms with van der Waals surface area (Å²) in [5.41, 5.74) is 3.19. The second-order valence-electron chi connectivity index (χ2n) is 6.58. The molecule has 0 radical (unpaired) electrons. The van der Waals surface area contributed by atoms with E-state index >= 15 is 0 Å². The molecular formula is C21H23N3O5S2. The van der Waals surface area contributed by atoms with Gasteiger partial charge in [0.2, 0.25) is 15.9 Å². The highest BCUT2D eigenvalue weighted by atomic mass is 32.2. The van der Waals surface area contributed by atoms with E-state index in [9.17, 15) is 13.2 Å². The highest BCUT2D eigenvalue weighted by molar-refractivity contribution is 7.89. The summed E-state index contributed by atoms with van der Waals surface area (Å²) in [7, 11) is -1.28. The lowest BCUT2D eigenvalue weighted by Crippen LogP contribution is -2.47. The maximum absolute atomic E-state index is 13.2. The number of amides is 1. The third-order valence-electron chi connectivity index (χ3n) is 4.48. The van der Waals surface area contributed by atoms with Gasteiger partial charge in [0.1, 0.15) is 22.4 Å². The maximum atomic E-state index is 13.2. The van der Waals surface area contributed by atoms with Crippen LogP contribution < -0.4 is 19.5 Å². The van der Waals surface area contributed by atoms with Crippen molar-refractivity contribution >= 4 is 27.3 Å². The minimum Gasteiger partial charge on any atom is -0.497 e. The van der Waals surface area contributed by atoms with Gasteiger partial charge < -0.3 is 14.8 Å². The molecule has 2 N–H and O–H groups in total. The Kier molecular flexibility index (Phi) is 7.61. The molecule has 0 aliphatic heterocycles. The smallest absolute Gasteiger partial charge is 0.245 e. The molecule has 0 fully saturated rings. The molecule has 31 heavy (non-hydrogen) atoms. The van der Waals surface area contributed by atoms with E-state index in [2.05, 4.69) is 15.0 Å². The predicted molar refractivity (Wildman–Crippen MR) is 118 cm³/mol. The van der Waals surface area contributed by atoms with Crippen LogP contribution in [-0.2, 0) is 27.8 Å². The van der Waals surface area contributed by atoms with Gasteiger partial charge in [-0.15, -0.1) is 11.3 Å². The molecule has 10 heteroatoms. The van der Waals surface area contributed by atoms with Gasteiger partial charge in [-0.25, -0.2) is 13.4 Å². The highest BCUT2D eigenvalue weighted by Gasteiger charge is 2.28. The van der Waals surface area contributed by atoms with Crippen LogP contribution in [0.4, 0.5) is 0 Å². The molecule has 1 atom stereocenters. The molecule has 8 nitrogen and oxygen atoms in total. The first-order valence-corrected chi connectivity index (χ1v) is 11.8. The standard InChI is InChI=1S/C21H23N3O5S2/c1-28-17-8-9-19(29-2)20(11-17)31(26,27)24-18(10-15-6-4-3-5-7-15)21(25)22-12-16-13-30-14-23-16/h3-9,11,13-14,18,24H,10,12H2,1-2H3,(H,22,25). The molecular weight excluding hydrogens is 438 g/mol. The van der Waals surface area contributed by atoms with Crippen molar-refractivity contribution in [3.63, 3.8) is 0 Å². The molecule has 1 unspecified atom stereocenters. The lowest BCUT2D eigenvalue weighted by atomic mass is 10.1. The summed E-state index contributed by atoms with van der Waals surface area (Å²) in [5.74, 6) is 0.0469. The number of carbonyl (C=O) groups is 1. The van der Waals surface area contributed by atoms with Crippen molar-refractivity contribution in [1.82, 2.24) is 15.0 Å². The van der Waals surface area contributed by atoms with Crippen LogP contribution in [0.2, 0.25) is 0 Å². The van der Waals surface area contributed by atoms with E-state index in [0.717, 1.165) is 5.56 Å². The molecule has 3 rings (SSSR count). The van der Waals surface area contributed by atoms with Crippen LogP contribution in [0.1, 0.15) is 11.3 Å². The average Bonchev–Trinajstić information content (AvgIpc) is 3.31. The number of hydrogen-bond acceptors (Lipinski definition) is 7.